The molecule has 0 spiro atoms. The van der Waals surface area contributed by atoms with Gasteiger partial charge in [0.1, 0.15) is 12.4 Å². The van der Waals surface area contributed by atoms with Crippen LogP contribution in [0.25, 0.3) is 0 Å². The van der Waals surface area contributed by atoms with E-state index in [0.717, 1.165) is 31.5 Å². The number of hydrogen-bond acceptors (Lipinski definition) is 3. The van der Waals surface area contributed by atoms with Crippen molar-refractivity contribution in [3.05, 3.63) is 24.6 Å². The van der Waals surface area contributed by atoms with E-state index in [1.807, 2.05) is 13.1 Å². The minimum absolute atomic E-state index is 0.0364. The second-order valence-corrected chi connectivity index (χ2v) is 7.69. The Kier molecular flexibility index (Phi) is 11.9. The number of carbonyl (C=O) groups is 1. The zero-order chi connectivity index (χ0) is 20.0. The number of rotatable bonds is 16. The third kappa shape index (κ3) is 8.85. The van der Waals surface area contributed by atoms with Gasteiger partial charge in [-0.05, 0) is 32.1 Å². The lowest BCUT2D eigenvalue weighted by Gasteiger charge is -2.34. The maximum Gasteiger partial charge on any atom is 0.360 e. The largest absolute Gasteiger partial charge is 0.477 e. The van der Waals surface area contributed by atoms with Crippen LogP contribution in [0.2, 0.25) is 0 Å². The summed E-state index contributed by atoms with van der Waals surface area (Å²) in [7, 11) is 0. The van der Waals surface area contributed by atoms with Gasteiger partial charge in [-0.15, -0.1) is 0 Å². The number of nitrogens with zero attached hydrogens (tertiary/aromatic N) is 2. The molecule has 0 amide bonds. The second kappa shape index (κ2) is 13.7. The van der Waals surface area contributed by atoms with E-state index in [4.69, 9.17) is 5.73 Å². The molecule has 27 heavy (non-hydrogen) atoms. The summed E-state index contributed by atoms with van der Waals surface area (Å²) in [5.41, 5.74) is 6.08. The Morgan fingerprint density at radius 3 is 2.30 bits per heavy atom. The molecular weight excluding hydrogens is 338 g/mol. The fourth-order valence-corrected chi connectivity index (χ4v) is 3.59. The molecule has 1 aliphatic rings. The van der Waals surface area contributed by atoms with E-state index in [1.54, 1.807) is 6.20 Å². The van der Waals surface area contributed by atoms with Crippen molar-refractivity contribution in [2.75, 3.05) is 6.54 Å². The van der Waals surface area contributed by atoms with Gasteiger partial charge in [0.25, 0.3) is 0 Å². The standard InChI is InChI=1S/C22H39N3O2/c1-3-4-5-6-7-8-9-10-11-12-13-14-15-16-21-24-17-18-25(21,20(2)23)19-22(26)27/h11-12,17-18,20H,3-10,13-16,19,23H2,1-2H3/p+1/b12-11+. The highest BCUT2D eigenvalue weighted by atomic mass is 16.4. The number of aliphatic imine (C=N–C) groups is 1. The molecule has 2 unspecified atom stereocenters. The van der Waals surface area contributed by atoms with Crippen LogP contribution in [-0.2, 0) is 4.79 Å². The number of aliphatic carboxylic acids is 1. The van der Waals surface area contributed by atoms with Crippen molar-refractivity contribution >= 4 is 11.8 Å². The van der Waals surface area contributed by atoms with Crippen LogP contribution >= 0.6 is 0 Å². The van der Waals surface area contributed by atoms with E-state index in [1.165, 1.54) is 51.4 Å². The third-order valence-corrected chi connectivity index (χ3v) is 5.32. The fourth-order valence-electron chi connectivity index (χ4n) is 3.59. The molecule has 1 rings (SSSR count). The van der Waals surface area contributed by atoms with E-state index < -0.39 is 5.97 Å². The number of carboxylic acid groups (broad SMARTS) is 1. The number of hydrogen-bond donors (Lipinski definition) is 2. The van der Waals surface area contributed by atoms with Crippen molar-refractivity contribution in [1.29, 1.82) is 0 Å². The topological polar surface area (TPSA) is 75.7 Å². The number of nitrogens with two attached hydrogens (primary N) is 1. The van der Waals surface area contributed by atoms with Gasteiger partial charge in [0.05, 0.1) is 6.20 Å². The van der Waals surface area contributed by atoms with Crippen molar-refractivity contribution in [2.45, 2.75) is 97.1 Å². The van der Waals surface area contributed by atoms with Gasteiger partial charge in [0.15, 0.2) is 6.54 Å². The first-order valence-corrected chi connectivity index (χ1v) is 10.8. The van der Waals surface area contributed by atoms with E-state index in [2.05, 4.69) is 24.1 Å². The monoisotopic (exact) mass is 378 g/mol. The Bertz CT molecular complexity index is 512. The summed E-state index contributed by atoms with van der Waals surface area (Å²) in [5, 5.41) is 9.22. The van der Waals surface area contributed by atoms with Gasteiger partial charge in [-0.1, -0.05) is 57.6 Å². The van der Waals surface area contributed by atoms with E-state index in [0.29, 0.717) is 0 Å². The smallest absolute Gasteiger partial charge is 0.360 e. The van der Waals surface area contributed by atoms with E-state index >= 15 is 0 Å². The highest BCUT2D eigenvalue weighted by molar-refractivity contribution is 5.81. The molecule has 0 aromatic heterocycles. The number of carboxylic acids is 1. The van der Waals surface area contributed by atoms with Crippen molar-refractivity contribution in [1.82, 2.24) is 0 Å². The minimum atomic E-state index is -0.847. The molecule has 0 aromatic carbocycles. The van der Waals surface area contributed by atoms with Crippen molar-refractivity contribution < 1.29 is 14.4 Å². The number of amidine groups is 1. The Hall–Kier alpha value is -1.46. The summed E-state index contributed by atoms with van der Waals surface area (Å²) in [5.74, 6) is 0.0271. The molecule has 5 nitrogen and oxygen atoms in total. The lowest BCUT2D eigenvalue weighted by Crippen LogP contribution is -2.59. The average Bonchev–Trinajstić information content (AvgIpc) is 3.02. The molecule has 0 bridgehead atoms. The lowest BCUT2D eigenvalue weighted by atomic mass is 10.1. The van der Waals surface area contributed by atoms with Crippen LogP contribution in [0, 0.1) is 0 Å². The molecule has 0 aliphatic carbocycles. The van der Waals surface area contributed by atoms with Crippen molar-refractivity contribution in [3.63, 3.8) is 0 Å². The zero-order valence-electron chi connectivity index (χ0n) is 17.4. The highest BCUT2D eigenvalue weighted by Gasteiger charge is 2.40. The maximum absolute atomic E-state index is 11.2. The summed E-state index contributed by atoms with van der Waals surface area (Å²) in [6.07, 6.45) is 22.5. The molecule has 2 atom stereocenters. The SMILES string of the molecule is CCCCCCCCC/C=C/CCCCC1=NC=C[N+]1(CC(=O)O)C(C)N. The van der Waals surface area contributed by atoms with Crippen LogP contribution in [0.5, 0.6) is 0 Å². The molecule has 0 saturated heterocycles. The van der Waals surface area contributed by atoms with Gasteiger partial charge in [-0.2, -0.15) is 0 Å². The summed E-state index contributed by atoms with van der Waals surface area (Å²) in [6.45, 7) is 4.07. The van der Waals surface area contributed by atoms with Gasteiger partial charge in [0, 0.05) is 13.3 Å². The summed E-state index contributed by atoms with van der Waals surface area (Å²) < 4.78 is 0.156. The average molecular weight is 379 g/mol. The van der Waals surface area contributed by atoms with Crippen molar-refractivity contribution in [2.24, 2.45) is 10.7 Å². The summed E-state index contributed by atoms with van der Waals surface area (Å²) in [6, 6.07) is 0. The Labute approximate surface area is 165 Å². The predicted octanol–water partition coefficient (Wildman–Crippen LogP) is 5.33. The molecule has 0 radical (unpaired) electrons. The van der Waals surface area contributed by atoms with Crippen molar-refractivity contribution in [3.8, 4) is 0 Å². The van der Waals surface area contributed by atoms with Gasteiger partial charge in [-0.3, -0.25) is 5.73 Å². The zero-order valence-corrected chi connectivity index (χ0v) is 17.4. The molecule has 0 saturated carbocycles. The van der Waals surface area contributed by atoms with Crippen LogP contribution in [0.3, 0.4) is 0 Å². The molecular formula is C22H40N3O2+. The molecule has 3 N–H and O–H groups in total. The first-order valence-electron chi connectivity index (χ1n) is 10.8. The van der Waals surface area contributed by atoms with Crippen LogP contribution in [0.15, 0.2) is 29.5 Å². The first kappa shape index (κ1) is 23.6. The molecule has 0 aromatic rings. The Morgan fingerprint density at radius 1 is 1.11 bits per heavy atom. The third-order valence-electron chi connectivity index (χ3n) is 5.32. The Morgan fingerprint density at radius 2 is 1.70 bits per heavy atom. The molecule has 1 aliphatic heterocycles. The summed E-state index contributed by atoms with van der Waals surface area (Å²) in [4.78, 5) is 15.6. The van der Waals surface area contributed by atoms with Gasteiger partial charge < -0.3 is 5.11 Å². The van der Waals surface area contributed by atoms with E-state index in [-0.39, 0.29) is 17.2 Å². The fraction of sp³-hybridized carbons (Fsp3) is 0.727. The minimum Gasteiger partial charge on any atom is -0.477 e. The highest BCUT2D eigenvalue weighted by Crippen LogP contribution is 2.23. The molecule has 1 heterocycles. The number of allylic oxidation sites excluding steroid dienone is 2. The maximum atomic E-state index is 11.2. The van der Waals surface area contributed by atoms with Crippen LogP contribution in [0.1, 0.15) is 90.9 Å². The predicted molar refractivity (Wildman–Crippen MR) is 113 cm³/mol. The summed E-state index contributed by atoms with van der Waals surface area (Å²) >= 11 is 0. The molecule has 0 fully saturated rings. The second-order valence-electron chi connectivity index (χ2n) is 7.69. The van der Waals surface area contributed by atoms with Crippen LogP contribution < -0.4 is 5.73 Å². The van der Waals surface area contributed by atoms with E-state index in [9.17, 15) is 9.90 Å². The molecule has 5 heteroatoms. The first-order chi connectivity index (χ1) is 13.0. The normalized spacial score (nSPS) is 20.3. The van der Waals surface area contributed by atoms with Crippen LogP contribution in [-0.4, -0.2) is 34.1 Å². The van der Waals surface area contributed by atoms with Gasteiger partial charge in [0.2, 0.25) is 5.84 Å². The number of quaternary nitrogens is 1. The lowest BCUT2D eigenvalue weighted by molar-refractivity contribution is -0.805. The number of unbranched alkanes of at least 4 members (excludes halogenated alkanes) is 9. The Balaban J connectivity index is 2.14. The quantitative estimate of drug-likeness (QED) is 0.216. The molecule has 154 valence electrons. The van der Waals surface area contributed by atoms with Gasteiger partial charge >= 0.3 is 5.97 Å². The van der Waals surface area contributed by atoms with Gasteiger partial charge in [-0.25, -0.2) is 14.3 Å². The van der Waals surface area contributed by atoms with Crippen LogP contribution in [0.4, 0.5) is 0 Å².